The molecule has 0 N–H and O–H groups in total. The molecule has 0 aliphatic carbocycles. The van der Waals surface area contributed by atoms with Crippen LogP contribution >= 0.6 is 0 Å². The van der Waals surface area contributed by atoms with E-state index in [1.54, 1.807) is 0 Å². The van der Waals surface area contributed by atoms with E-state index >= 15 is 0 Å². The van der Waals surface area contributed by atoms with Gasteiger partial charge in [-0.25, -0.2) is 0 Å². The van der Waals surface area contributed by atoms with Crippen molar-refractivity contribution in [2.45, 2.75) is 0 Å². The molecule has 11 aromatic rings. The molecular formula is C42H22O4. The molecule has 7 aromatic carbocycles. The van der Waals surface area contributed by atoms with Crippen molar-refractivity contribution in [3.05, 3.63) is 133 Å². The molecule has 0 radical (unpaired) electrons. The van der Waals surface area contributed by atoms with Crippen LogP contribution in [-0.4, -0.2) is 0 Å². The molecule has 0 aliphatic heterocycles. The van der Waals surface area contributed by atoms with Gasteiger partial charge in [0, 0.05) is 55.2 Å². The molecule has 0 unspecified atom stereocenters. The van der Waals surface area contributed by atoms with Gasteiger partial charge in [0.15, 0.2) is 0 Å². The van der Waals surface area contributed by atoms with E-state index in [1.807, 2.05) is 24.3 Å². The molecular weight excluding hydrogens is 568 g/mol. The third kappa shape index (κ3) is 3.33. The van der Waals surface area contributed by atoms with Crippen molar-refractivity contribution < 1.29 is 17.7 Å². The number of rotatable bonds is 2. The SMILES string of the molecule is c1ccc(-c2ccc3oc4cc5oc6cc7c(cc6c5cc4c3c2)oc2cc3oc4ccc(-c5ccccc5)cc4c3cc27)cc1. The molecule has 0 bridgehead atoms. The second-order valence-corrected chi connectivity index (χ2v) is 12.1. The largest absolute Gasteiger partial charge is 0.456 e. The molecule has 0 saturated carbocycles. The van der Waals surface area contributed by atoms with Crippen LogP contribution in [0.15, 0.2) is 151 Å². The minimum Gasteiger partial charge on any atom is -0.456 e. The molecule has 0 fully saturated rings. The highest BCUT2D eigenvalue weighted by Crippen LogP contribution is 2.42. The predicted molar refractivity (Wildman–Crippen MR) is 186 cm³/mol. The van der Waals surface area contributed by atoms with Crippen LogP contribution in [0.25, 0.3) is 110 Å². The highest BCUT2D eigenvalue weighted by atomic mass is 16.4. The molecule has 0 atom stereocenters. The van der Waals surface area contributed by atoms with Crippen molar-refractivity contribution in [1.82, 2.24) is 0 Å². The molecule has 214 valence electrons. The van der Waals surface area contributed by atoms with Crippen LogP contribution in [0.1, 0.15) is 0 Å². The standard InChI is InChI=1S/C42H22O4/c1-3-7-23(8-4-1)25-11-13-35-27(15-25)29-17-31-33-19-38-34(20-37(33)45-41(31)21-39(29)43-35)32-18-30-28-16-26(24-9-5-2-6-10-24)12-14-36(28)44-40(30)22-42(32)46-38/h1-22H. The molecule has 11 rings (SSSR count). The number of benzene rings is 7. The maximum Gasteiger partial charge on any atom is 0.139 e. The summed E-state index contributed by atoms with van der Waals surface area (Å²) in [5.74, 6) is 0. The van der Waals surface area contributed by atoms with Crippen LogP contribution in [0.2, 0.25) is 0 Å². The normalized spacial score (nSPS) is 12.3. The van der Waals surface area contributed by atoms with Gasteiger partial charge in [0.25, 0.3) is 0 Å². The highest BCUT2D eigenvalue weighted by molar-refractivity contribution is 6.21. The number of hydrogen-bond donors (Lipinski definition) is 0. The molecule has 0 spiro atoms. The molecule has 4 aromatic heterocycles. The average Bonchev–Trinajstić information content (AvgIpc) is 3.84. The predicted octanol–water partition coefficient (Wildman–Crippen LogP) is 12.6. The highest BCUT2D eigenvalue weighted by Gasteiger charge is 2.19. The Morgan fingerprint density at radius 2 is 0.543 bits per heavy atom. The zero-order chi connectivity index (χ0) is 29.9. The molecule has 0 amide bonds. The Balaban J connectivity index is 1.11. The fourth-order valence-electron chi connectivity index (χ4n) is 7.20. The summed E-state index contributed by atoms with van der Waals surface area (Å²) in [4.78, 5) is 0. The maximum atomic E-state index is 6.46. The third-order valence-electron chi connectivity index (χ3n) is 9.46. The van der Waals surface area contributed by atoms with E-state index in [0.717, 1.165) is 98.9 Å². The summed E-state index contributed by atoms with van der Waals surface area (Å²) in [5, 5.41) is 8.39. The van der Waals surface area contributed by atoms with Crippen molar-refractivity contribution in [3.8, 4) is 22.3 Å². The van der Waals surface area contributed by atoms with Gasteiger partial charge in [-0.15, -0.1) is 0 Å². The van der Waals surface area contributed by atoms with E-state index in [4.69, 9.17) is 17.7 Å². The van der Waals surface area contributed by atoms with E-state index in [-0.39, 0.29) is 0 Å². The van der Waals surface area contributed by atoms with E-state index in [2.05, 4.69) is 109 Å². The lowest BCUT2D eigenvalue weighted by molar-refractivity contribution is 0.653. The smallest absolute Gasteiger partial charge is 0.139 e. The summed E-state index contributed by atoms with van der Waals surface area (Å²) in [5.41, 5.74) is 11.2. The van der Waals surface area contributed by atoms with Crippen LogP contribution in [0.3, 0.4) is 0 Å². The van der Waals surface area contributed by atoms with Gasteiger partial charge in [-0.1, -0.05) is 72.8 Å². The van der Waals surface area contributed by atoms with Crippen LogP contribution in [0.4, 0.5) is 0 Å². The fraction of sp³-hybridized carbons (Fsp3) is 0. The molecule has 46 heavy (non-hydrogen) atoms. The van der Waals surface area contributed by atoms with Crippen molar-refractivity contribution in [2.75, 3.05) is 0 Å². The minimum atomic E-state index is 0.790. The van der Waals surface area contributed by atoms with Crippen LogP contribution in [-0.2, 0) is 0 Å². The van der Waals surface area contributed by atoms with E-state index in [1.165, 1.54) is 11.1 Å². The van der Waals surface area contributed by atoms with Gasteiger partial charge in [0.1, 0.15) is 44.7 Å². The monoisotopic (exact) mass is 590 g/mol. The lowest BCUT2D eigenvalue weighted by atomic mass is 10.0. The quantitative estimate of drug-likeness (QED) is 0.201. The summed E-state index contributed by atoms with van der Waals surface area (Å²) in [7, 11) is 0. The first-order valence-corrected chi connectivity index (χ1v) is 15.4. The second kappa shape index (κ2) is 8.68. The number of fused-ring (bicyclic) bond motifs is 12. The molecule has 0 saturated heterocycles. The number of hydrogen-bond acceptors (Lipinski definition) is 4. The van der Waals surface area contributed by atoms with Crippen molar-refractivity contribution in [2.24, 2.45) is 0 Å². The second-order valence-electron chi connectivity index (χ2n) is 12.1. The van der Waals surface area contributed by atoms with Crippen molar-refractivity contribution in [1.29, 1.82) is 0 Å². The molecule has 0 aliphatic rings. The van der Waals surface area contributed by atoms with E-state index in [0.29, 0.717) is 0 Å². The lowest BCUT2D eigenvalue weighted by Gasteiger charge is -2.01. The summed E-state index contributed by atoms with van der Waals surface area (Å²) in [6.45, 7) is 0. The van der Waals surface area contributed by atoms with Gasteiger partial charge < -0.3 is 17.7 Å². The topological polar surface area (TPSA) is 52.6 Å². The third-order valence-corrected chi connectivity index (χ3v) is 9.46. The zero-order valence-corrected chi connectivity index (χ0v) is 24.3. The zero-order valence-electron chi connectivity index (χ0n) is 24.3. The number of furan rings is 4. The minimum absolute atomic E-state index is 0.790. The molecule has 4 heterocycles. The summed E-state index contributed by atoms with van der Waals surface area (Å²) in [6.07, 6.45) is 0. The summed E-state index contributed by atoms with van der Waals surface area (Å²) < 4.78 is 25.5. The summed E-state index contributed by atoms with van der Waals surface area (Å²) >= 11 is 0. The lowest BCUT2D eigenvalue weighted by Crippen LogP contribution is -1.76. The van der Waals surface area contributed by atoms with Crippen molar-refractivity contribution >= 4 is 87.8 Å². The summed E-state index contributed by atoms with van der Waals surface area (Å²) in [6, 6.07) is 46.2. The Kier molecular flexibility index (Phi) is 4.55. The van der Waals surface area contributed by atoms with Gasteiger partial charge in [-0.3, -0.25) is 0 Å². The van der Waals surface area contributed by atoms with Crippen LogP contribution in [0, 0.1) is 0 Å². The van der Waals surface area contributed by atoms with E-state index < -0.39 is 0 Å². The first-order chi connectivity index (χ1) is 22.7. The van der Waals surface area contributed by atoms with Gasteiger partial charge >= 0.3 is 0 Å². The van der Waals surface area contributed by atoms with Crippen LogP contribution < -0.4 is 0 Å². The Labute approximate surface area is 260 Å². The average molecular weight is 591 g/mol. The Morgan fingerprint density at radius 1 is 0.217 bits per heavy atom. The molecule has 4 nitrogen and oxygen atoms in total. The maximum absolute atomic E-state index is 6.46. The Hall–Kier alpha value is -6.26. The van der Waals surface area contributed by atoms with Gasteiger partial charge in [-0.2, -0.15) is 0 Å². The molecule has 4 heteroatoms. The first kappa shape index (κ1) is 24.1. The van der Waals surface area contributed by atoms with Gasteiger partial charge in [0.05, 0.1) is 0 Å². The van der Waals surface area contributed by atoms with Gasteiger partial charge in [0.2, 0.25) is 0 Å². The fourth-order valence-corrected chi connectivity index (χ4v) is 7.20. The Morgan fingerprint density at radius 3 is 0.957 bits per heavy atom. The van der Waals surface area contributed by atoms with Crippen molar-refractivity contribution in [3.63, 3.8) is 0 Å². The van der Waals surface area contributed by atoms with E-state index in [9.17, 15) is 0 Å². The van der Waals surface area contributed by atoms with Crippen LogP contribution in [0.5, 0.6) is 0 Å². The first-order valence-electron chi connectivity index (χ1n) is 15.4. The van der Waals surface area contributed by atoms with Gasteiger partial charge in [-0.05, 0) is 70.8 Å². The Bertz CT molecular complexity index is 2800.